The molecule has 2 aromatic rings. The van der Waals surface area contributed by atoms with E-state index in [0.717, 1.165) is 23.8 Å². The first-order valence-electron chi connectivity index (χ1n) is 7.65. The fourth-order valence-corrected chi connectivity index (χ4v) is 2.65. The van der Waals surface area contributed by atoms with E-state index in [1.165, 1.54) is 12.4 Å². The summed E-state index contributed by atoms with van der Waals surface area (Å²) in [5, 5.41) is 39.8. The standard InChI is InChI=1S/C16H23N3O4/c1-3-12-11-6-7-19(16(11)18-9-17-12)10(2)14(22)15(23)13(21)5-4-8-20/h4,6-10,13-15,20-23H,3,5H2,1-2H3/b8-4-/t10-,13?,14+,15-/m1/s1. The zero-order valence-corrected chi connectivity index (χ0v) is 13.2. The molecule has 4 N–H and O–H groups in total. The Morgan fingerprint density at radius 3 is 2.61 bits per heavy atom. The third-order valence-corrected chi connectivity index (χ3v) is 4.09. The van der Waals surface area contributed by atoms with Crippen LogP contribution in [0.2, 0.25) is 0 Å². The van der Waals surface area contributed by atoms with Gasteiger partial charge >= 0.3 is 0 Å². The van der Waals surface area contributed by atoms with Crippen molar-refractivity contribution in [3.63, 3.8) is 0 Å². The van der Waals surface area contributed by atoms with Crippen molar-refractivity contribution in [2.24, 2.45) is 0 Å². The number of aliphatic hydroxyl groups excluding tert-OH is 4. The van der Waals surface area contributed by atoms with Crippen LogP contribution in [0.4, 0.5) is 0 Å². The predicted molar refractivity (Wildman–Crippen MR) is 86.0 cm³/mol. The van der Waals surface area contributed by atoms with Crippen molar-refractivity contribution in [3.8, 4) is 0 Å². The second-order valence-electron chi connectivity index (χ2n) is 5.54. The van der Waals surface area contributed by atoms with Gasteiger partial charge in [0.2, 0.25) is 0 Å². The van der Waals surface area contributed by atoms with Crippen molar-refractivity contribution in [1.82, 2.24) is 14.5 Å². The first kappa shape index (κ1) is 17.4. The monoisotopic (exact) mass is 321 g/mol. The Hall–Kier alpha value is -1.96. The summed E-state index contributed by atoms with van der Waals surface area (Å²) in [6.07, 6.45) is 2.51. The molecule has 7 heteroatoms. The lowest BCUT2D eigenvalue weighted by Gasteiger charge is -2.28. The van der Waals surface area contributed by atoms with Crippen molar-refractivity contribution in [2.75, 3.05) is 0 Å². The third kappa shape index (κ3) is 3.52. The molecule has 0 aliphatic heterocycles. The van der Waals surface area contributed by atoms with E-state index in [1.807, 2.05) is 13.0 Å². The highest BCUT2D eigenvalue weighted by Crippen LogP contribution is 2.24. The van der Waals surface area contributed by atoms with Crippen molar-refractivity contribution < 1.29 is 20.4 Å². The van der Waals surface area contributed by atoms with Gasteiger partial charge in [0.1, 0.15) is 24.2 Å². The number of fused-ring (bicyclic) bond motifs is 1. The molecule has 2 heterocycles. The fraction of sp³-hybridized carbons (Fsp3) is 0.500. The SMILES string of the molecule is CCc1ncnc2c1ccn2[C@H](C)[C@H](O)[C@H](O)C(O)C/C=C\O. The number of aromatic nitrogens is 3. The van der Waals surface area contributed by atoms with Crippen LogP contribution < -0.4 is 0 Å². The number of rotatable bonds is 7. The number of aryl methyl sites for hydroxylation is 1. The number of aliphatic hydroxyl groups is 4. The molecule has 23 heavy (non-hydrogen) atoms. The molecule has 0 spiro atoms. The first-order valence-corrected chi connectivity index (χ1v) is 7.65. The van der Waals surface area contributed by atoms with Gasteiger partial charge in [-0.15, -0.1) is 0 Å². The van der Waals surface area contributed by atoms with Crippen LogP contribution in [0.25, 0.3) is 11.0 Å². The van der Waals surface area contributed by atoms with Crippen LogP contribution in [-0.4, -0.2) is 53.3 Å². The average molecular weight is 321 g/mol. The lowest BCUT2D eigenvalue weighted by molar-refractivity contribution is -0.0735. The van der Waals surface area contributed by atoms with Crippen LogP contribution in [0, 0.1) is 0 Å². The molecule has 1 unspecified atom stereocenters. The Bertz CT molecular complexity index is 670. The number of hydrogen-bond acceptors (Lipinski definition) is 6. The van der Waals surface area contributed by atoms with Crippen LogP contribution in [0.5, 0.6) is 0 Å². The maximum atomic E-state index is 10.4. The van der Waals surface area contributed by atoms with Crippen LogP contribution in [0.1, 0.15) is 32.0 Å². The van der Waals surface area contributed by atoms with Crippen molar-refractivity contribution >= 4 is 11.0 Å². The Morgan fingerprint density at radius 2 is 1.96 bits per heavy atom. The van der Waals surface area contributed by atoms with E-state index in [4.69, 9.17) is 5.11 Å². The molecular formula is C16H23N3O4. The van der Waals surface area contributed by atoms with Crippen LogP contribution in [-0.2, 0) is 6.42 Å². The minimum Gasteiger partial charge on any atom is -0.516 e. The largest absolute Gasteiger partial charge is 0.516 e. The van der Waals surface area contributed by atoms with Gasteiger partial charge in [-0.25, -0.2) is 9.97 Å². The molecule has 0 bridgehead atoms. The minimum absolute atomic E-state index is 0.0516. The van der Waals surface area contributed by atoms with E-state index >= 15 is 0 Å². The second-order valence-corrected chi connectivity index (χ2v) is 5.54. The van der Waals surface area contributed by atoms with Crippen molar-refractivity contribution in [3.05, 3.63) is 36.6 Å². The molecule has 2 rings (SSSR count). The molecule has 0 aromatic carbocycles. The van der Waals surface area contributed by atoms with E-state index in [0.29, 0.717) is 5.65 Å². The molecule has 0 saturated heterocycles. The predicted octanol–water partition coefficient (Wildman–Crippen LogP) is 1.10. The Balaban J connectivity index is 2.24. The highest BCUT2D eigenvalue weighted by atomic mass is 16.4. The summed E-state index contributed by atoms with van der Waals surface area (Å²) in [7, 11) is 0. The minimum atomic E-state index is -1.34. The summed E-state index contributed by atoms with van der Waals surface area (Å²) in [5.74, 6) is 0. The summed E-state index contributed by atoms with van der Waals surface area (Å²) in [5.41, 5.74) is 1.60. The normalized spacial score (nSPS) is 17.4. The molecule has 0 fully saturated rings. The van der Waals surface area contributed by atoms with E-state index in [9.17, 15) is 15.3 Å². The zero-order chi connectivity index (χ0) is 17.0. The molecule has 2 aromatic heterocycles. The van der Waals surface area contributed by atoms with Crippen LogP contribution >= 0.6 is 0 Å². The van der Waals surface area contributed by atoms with E-state index in [1.54, 1.807) is 17.7 Å². The molecule has 126 valence electrons. The number of hydrogen-bond donors (Lipinski definition) is 4. The second kappa shape index (κ2) is 7.54. The van der Waals surface area contributed by atoms with Crippen LogP contribution in [0.3, 0.4) is 0 Å². The molecule has 0 aliphatic rings. The van der Waals surface area contributed by atoms with Crippen molar-refractivity contribution in [1.29, 1.82) is 0 Å². The molecular weight excluding hydrogens is 298 g/mol. The summed E-state index contributed by atoms with van der Waals surface area (Å²) >= 11 is 0. The molecule has 0 radical (unpaired) electrons. The van der Waals surface area contributed by atoms with Gasteiger partial charge in [-0.05, 0) is 31.9 Å². The lowest BCUT2D eigenvalue weighted by atomic mass is 10.00. The summed E-state index contributed by atoms with van der Waals surface area (Å²) < 4.78 is 1.76. The van der Waals surface area contributed by atoms with Crippen molar-refractivity contribution in [2.45, 2.75) is 51.0 Å². The maximum absolute atomic E-state index is 10.4. The van der Waals surface area contributed by atoms with E-state index in [2.05, 4.69) is 9.97 Å². The molecule has 0 amide bonds. The third-order valence-electron chi connectivity index (χ3n) is 4.09. The first-order chi connectivity index (χ1) is 11.0. The highest BCUT2D eigenvalue weighted by Gasteiger charge is 2.30. The van der Waals surface area contributed by atoms with Gasteiger partial charge in [0, 0.05) is 11.6 Å². The summed E-state index contributed by atoms with van der Waals surface area (Å²) in [6.45, 7) is 3.75. The highest BCUT2D eigenvalue weighted by molar-refractivity contribution is 5.78. The molecule has 0 saturated carbocycles. The van der Waals surface area contributed by atoms with Gasteiger partial charge in [0.25, 0.3) is 0 Å². The smallest absolute Gasteiger partial charge is 0.143 e. The van der Waals surface area contributed by atoms with Gasteiger partial charge < -0.3 is 25.0 Å². The average Bonchev–Trinajstić information content (AvgIpc) is 3.01. The quantitative estimate of drug-likeness (QED) is 0.568. The van der Waals surface area contributed by atoms with Gasteiger partial charge in [-0.1, -0.05) is 6.92 Å². The van der Waals surface area contributed by atoms with Gasteiger partial charge in [0.15, 0.2) is 0 Å². The van der Waals surface area contributed by atoms with E-state index in [-0.39, 0.29) is 6.42 Å². The Labute approximate surface area is 134 Å². The van der Waals surface area contributed by atoms with Gasteiger partial charge in [-0.3, -0.25) is 0 Å². The zero-order valence-electron chi connectivity index (χ0n) is 13.2. The number of nitrogens with zero attached hydrogens (tertiary/aromatic N) is 3. The lowest BCUT2D eigenvalue weighted by Crippen LogP contribution is -2.41. The summed E-state index contributed by atoms with van der Waals surface area (Å²) in [4.78, 5) is 8.49. The Kier molecular flexibility index (Phi) is 5.70. The molecule has 7 nitrogen and oxygen atoms in total. The molecule has 4 atom stereocenters. The topological polar surface area (TPSA) is 112 Å². The van der Waals surface area contributed by atoms with Crippen LogP contribution in [0.15, 0.2) is 30.9 Å². The van der Waals surface area contributed by atoms with Gasteiger partial charge in [-0.2, -0.15) is 0 Å². The Morgan fingerprint density at radius 1 is 1.22 bits per heavy atom. The van der Waals surface area contributed by atoms with E-state index < -0.39 is 24.4 Å². The maximum Gasteiger partial charge on any atom is 0.143 e. The fourth-order valence-electron chi connectivity index (χ4n) is 2.65. The molecule has 0 aliphatic carbocycles. The summed E-state index contributed by atoms with van der Waals surface area (Å²) in [6, 6.07) is 1.39. The van der Waals surface area contributed by atoms with Gasteiger partial charge in [0.05, 0.1) is 24.1 Å².